The number of nitrogen functional groups attached to an aromatic ring is 1. The van der Waals surface area contributed by atoms with Gasteiger partial charge in [0.15, 0.2) is 16.7 Å². The van der Waals surface area contributed by atoms with Crippen molar-refractivity contribution in [1.82, 2.24) is 19.6 Å². The Bertz CT molecular complexity index is 876. The Morgan fingerprint density at radius 3 is 2.87 bits per heavy atom. The molecule has 120 valence electrons. The zero-order valence-electron chi connectivity index (χ0n) is 12.4. The second-order valence-electron chi connectivity index (χ2n) is 4.55. The number of nitrogens with two attached hydrogens (primary N) is 1. The number of rotatable bonds is 6. The van der Waals surface area contributed by atoms with E-state index in [9.17, 15) is 4.79 Å². The molecule has 0 radical (unpaired) electrons. The maximum absolute atomic E-state index is 11.3. The highest BCUT2D eigenvalue weighted by atomic mass is 32.2. The smallest absolute Gasteiger partial charge is 0.254 e. The van der Waals surface area contributed by atoms with Gasteiger partial charge in [-0.3, -0.25) is 9.78 Å². The molecule has 0 spiro atoms. The van der Waals surface area contributed by atoms with Crippen LogP contribution >= 0.6 is 11.8 Å². The summed E-state index contributed by atoms with van der Waals surface area (Å²) in [6, 6.07) is 8.75. The summed E-state index contributed by atoms with van der Waals surface area (Å²) in [4.78, 5) is 13.9. The molecule has 0 aliphatic heterocycles. The molecule has 0 aliphatic carbocycles. The minimum absolute atomic E-state index is 0.293. The number of fused-ring (bicyclic) bond motifs is 1. The molecule has 0 atom stereocenters. The number of aromatic amines is 1. The van der Waals surface area contributed by atoms with Crippen molar-refractivity contribution < 1.29 is 9.47 Å². The van der Waals surface area contributed by atoms with Crippen LogP contribution in [-0.4, -0.2) is 39.1 Å². The molecule has 0 amide bonds. The molecule has 2 heterocycles. The average molecular weight is 333 g/mol. The van der Waals surface area contributed by atoms with Gasteiger partial charge in [0.1, 0.15) is 5.82 Å². The molecule has 3 N–H and O–H groups in total. The number of para-hydroxylation sites is 2. The monoisotopic (exact) mass is 333 g/mol. The summed E-state index contributed by atoms with van der Waals surface area (Å²) >= 11 is 1.43. The number of methoxy groups -OCH3 is 1. The van der Waals surface area contributed by atoms with Gasteiger partial charge in [-0.2, -0.15) is 0 Å². The first kappa shape index (κ1) is 15.2. The second-order valence-corrected chi connectivity index (χ2v) is 5.61. The van der Waals surface area contributed by atoms with Crippen molar-refractivity contribution >= 4 is 23.4 Å². The summed E-state index contributed by atoms with van der Waals surface area (Å²) in [6.45, 7) is 0.462. The van der Waals surface area contributed by atoms with Crippen LogP contribution in [0.5, 0.6) is 11.5 Å². The van der Waals surface area contributed by atoms with Crippen molar-refractivity contribution in [2.24, 2.45) is 0 Å². The lowest BCUT2D eigenvalue weighted by atomic mass is 10.3. The van der Waals surface area contributed by atoms with E-state index in [4.69, 9.17) is 15.2 Å². The van der Waals surface area contributed by atoms with Gasteiger partial charge in [0.25, 0.3) is 5.56 Å². The fourth-order valence-electron chi connectivity index (χ4n) is 2.04. The summed E-state index contributed by atoms with van der Waals surface area (Å²) in [7, 11) is 1.60. The number of thioether (sulfide) groups is 1. The SMILES string of the molecule is COc1ccccc1OCCSc1nnc2[nH]c(=O)cc(N)n12. The van der Waals surface area contributed by atoms with Gasteiger partial charge in [-0.15, -0.1) is 10.2 Å². The van der Waals surface area contributed by atoms with Crippen molar-refractivity contribution in [3.8, 4) is 11.5 Å². The van der Waals surface area contributed by atoms with Crippen LogP contribution in [-0.2, 0) is 0 Å². The van der Waals surface area contributed by atoms with Crippen molar-refractivity contribution in [2.45, 2.75) is 5.16 Å². The van der Waals surface area contributed by atoms with Crippen LogP contribution < -0.4 is 20.8 Å². The van der Waals surface area contributed by atoms with Crippen LogP contribution in [0.2, 0.25) is 0 Å². The van der Waals surface area contributed by atoms with E-state index in [0.717, 1.165) is 0 Å². The van der Waals surface area contributed by atoms with Crippen molar-refractivity contribution in [1.29, 1.82) is 0 Å². The molecule has 0 fully saturated rings. The fraction of sp³-hybridized carbons (Fsp3) is 0.214. The normalized spacial score (nSPS) is 10.8. The molecular formula is C14H15N5O3S. The Balaban J connectivity index is 1.64. The van der Waals surface area contributed by atoms with E-state index in [1.807, 2.05) is 24.3 Å². The molecule has 3 aromatic rings. The van der Waals surface area contributed by atoms with Gasteiger partial charge in [-0.25, -0.2) is 4.40 Å². The summed E-state index contributed by atoms with van der Waals surface area (Å²) in [5.74, 6) is 2.63. The highest BCUT2D eigenvalue weighted by Gasteiger charge is 2.10. The second kappa shape index (κ2) is 6.61. The summed E-state index contributed by atoms with van der Waals surface area (Å²) < 4.78 is 12.5. The Morgan fingerprint density at radius 2 is 2.09 bits per heavy atom. The molecule has 9 heteroatoms. The zero-order valence-corrected chi connectivity index (χ0v) is 13.2. The third-order valence-electron chi connectivity index (χ3n) is 3.05. The number of nitrogens with one attached hydrogen (secondary N) is 1. The number of hydrogen-bond donors (Lipinski definition) is 2. The number of anilines is 1. The molecule has 23 heavy (non-hydrogen) atoms. The third kappa shape index (κ3) is 3.24. The van der Waals surface area contributed by atoms with Crippen LogP contribution in [0, 0.1) is 0 Å². The lowest BCUT2D eigenvalue weighted by Gasteiger charge is -2.09. The van der Waals surface area contributed by atoms with Crippen LogP contribution in [0.4, 0.5) is 5.82 Å². The van der Waals surface area contributed by atoms with E-state index in [-0.39, 0.29) is 5.56 Å². The van der Waals surface area contributed by atoms with Crippen LogP contribution in [0.3, 0.4) is 0 Å². The van der Waals surface area contributed by atoms with E-state index >= 15 is 0 Å². The predicted octanol–water partition coefficient (Wildman–Crippen LogP) is 1.18. The molecule has 8 nitrogen and oxygen atoms in total. The van der Waals surface area contributed by atoms with E-state index < -0.39 is 0 Å². The van der Waals surface area contributed by atoms with Crippen LogP contribution in [0.15, 0.2) is 40.3 Å². The Kier molecular flexibility index (Phi) is 4.38. The summed E-state index contributed by atoms with van der Waals surface area (Å²) in [5, 5.41) is 8.52. The van der Waals surface area contributed by atoms with Crippen LogP contribution in [0.1, 0.15) is 0 Å². The highest BCUT2D eigenvalue weighted by Crippen LogP contribution is 2.26. The van der Waals surface area contributed by atoms with Crippen LogP contribution in [0.25, 0.3) is 5.78 Å². The van der Waals surface area contributed by atoms with E-state index in [2.05, 4.69) is 15.2 Å². The maximum atomic E-state index is 11.3. The molecule has 0 unspecified atom stereocenters. The van der Waals surface area contributed by atoms with E-state index in [1.165, 1.54) is 17.8 Å². The van der Waals surface area contributed by atoms with Gasteiger partial charge in [-0.1, -0.05) is 23.9 Å². The minimum atomic E-state index is -0.307. The zero-order chi connectivity index (χ0) is 16.2. The third-order valence-corrected chi connectivity index (χ3v) is 3.94. The molecule has 2 aromatic heterocycles. The van der Waals surface area contributed by atoms with Gasteiger partial charge in [0.05, 0.1) is 13.7 Å². The van der Waals surface area contributed by atoms with Gasteiger partial charge in [0.2, 0.25) is 5.78 Å². The number of nitrogens with zero attached hydrogens (tertiary/aromatic N) is 3. The number of aromatic nitrogens is 4. The molecule has 0 aliphatic rings. The minimum Gasteiger partial charge on any atom is -0.493 e. The quantitative estimate of drug-likeness (QED) is 0.515. The molecule has 3 rings (SSSR count). The van der Waals surface area contributed by atoms with Crippen molar-refractivity contribution in [3.63, 3.8) is 0 Å². The summed E-state index contributed by atoms with van der Waals surface area (Å²) in [5.41, 5.74) is 5.53. The highest BCUT2D eigenvalue weighted by molar-refractivity contribution is 7.99. The molecule has 1 aromatic carbocycles. The Labute approximate surface area is 135 Å². The first-order valence-corrected chi connectivity index (χ1v) is 7.80. The fourth-order valence-corrected chi connectivity index (χ4v) is 2.81. The van der Waals surface area contributed by atoms with Gasteiger partial charge >= 0.3 is 0 Å². The molecule has 0 bridgehead atoms. The Hall–Kier alpha value is -2.68. The van der Waals surface area contributed by atoms with Gasteiger partial charge in [0, 0.05) is 11.8 Å². The van der Waals surface area contributed by atoms with Gasteiger partial charge in [-0.05, 0) is 12.1 Å². The van der Waals surface area contributed by atoms with E-state index in [1.54, 1.807) is 11.5 Å². The van der Waals surface area contributed by atoms with Crippen molar-refractivity contribution in [3.05, 3.63) is 40.7 Å². The lowest BCUT2D eigenvalue weighted by Crippen LogP contribution is -2.11. The lowest BCUT2D eigenvalue weighted by molar-refractivity contribution is 0.313. The number of benzene rings is 1. The molecule has 0 saturated carbocycles. The maximum Gasteiger partial charge on any atom is 0.254 e. The number of hydrogen-bond acceptors (Lipinski definition) is 7. The first-order valence-electron chi connectivity index (χ1n) is 6.81. The van der Waals surface area contributed by atoms with Crippen molar-refractivity contribution in [2.75, 3.05) is 25.2 Å². The van der Waals surface area contributed by atoms with Gasteiger partial charge < -0.3 is 15.2 Å². The molecular weight excluding hydrogens is 318 g/mol. The Morgan fingerprint density at radius 1 is 1.30 bits per heavy atom. The topological polar surface area (TPSA) is 108 Å². The summed E-state index contributed by atoms with van der Waals surface area (Å²) in [6.07, 6.45) is 0. The predicted molar refractivity (Wildman–Crippen MR) is 87.2 cm³/mol. The largest absolute Gasteiger partial charge is 0.493 e. The first-order chi connectivity index (χ1) is 11.2. The standard InChI is InChI=1S/C14H15N5O3S/c1-21-9-4-2-3-5-10(9)22-6-7-23-14-18-17-13-16-12(20)8-11(15)19(13)14/h2-5,8H,6-7,15H2,1H3,(H,16,17,20). The number of H-pyrrole nitrogens is 1. The molecule has 0 saturated heterocycles. The number of ether oxygens (including phenoxy) is 2. The average Bonchev–Trinajstić information content (AvgIpc) is 2.95. The van der Waals surface area contributed by atoms with E-state index in [0.29, 0.717) is 40.6 Å².